The van der Waals surface area contributed by atoms with Crippen LogP contribution >= 0.6 is 11.6 Å². The quantitative estimate of drug-likeness (QED) is 0.513. The summed E-state index contributed by atoms with van der Waals surface area (Å²) in [7, 11) is 0. The number of aromatic nitrogens is 1. The van der Waals surface area contributed by atoms with Crippen LogP contribution in [0.15, 0.2) is 23.0 Å². The molecule has 0 saturated heterocycles. The van der Waals surface area contributed by atoms with Gasteiger partial charge in [-0.15, -0.1) is 0 Å². The lowest BCUT2D eigenvalue weighted by atomic mass is 10.1. The van der Waals surface area contributed by atoms with E-state index >= 15 is 0 Å². The Kier molecular flexibility index (Phi) is 6.88. The number of rotatable bonds is 8. The smallest absolute Gasteiger partial charge is 0.358 e. The van der Waals surface area contributed by atoms with Crippen LogP contribution in [-0.2, 0) is 11.3 Å². The van der Waals surface area contributed by atoms with Crippen molar-refractivity contribution in [1.29, 1.82) is 0 Å². The van der Waals surface area contributed by atoms with Gasteiger partial charge >= 0.3 is 5.97 Å². The molecule has 6 heteroatoms. The number of pyridine rings is 1. The summed E-state index contributed by atoms with van der Waals surface area (Å²) >= 11 is 6.12. The van der Waals surface area contributed by atoms with Crippen LogP contribution in [0, 0.1) is 0 Å². The van der Waals surface area contributed by atoms with Gasteiger partial charge in [0.1, 0.15) is 0 Å². The number of hydrogen-bond acceptors (Lipinski definition) is 4. The maximum atomic E-state index is 12.9. The lowest BCUT2D eigenvalue weighted by Gasteiger charge is -2.18. The summed E-state index contributed by atoms with van der Waals surface area (Å²) in [5.74, 6) is -0.182. The van der Waals surface area contributed by atoms with E-state index < -0.39 is 5.97 Å². The number of carbonyl (C=O) groups excluding carboxylic acids is 1. The van der Waals surface area contributed by atoms with Gasteiger partial charge in [0.05, 0.1) is 18.6 Å². The molecule has 136 valence electrons. The summed E-state index contributed by atoms with van der Waals surface area (Å²) in [4.78, 5) is 25.5. The Hall–Kier alpha value is -2.01. The van der Waals surface area contributed by atoms with E-state index in [4.69, 9.17) is 21.1 Å². The Morgan fingerprint density at radius 1 is 1.16 bits per heavy atom. The third-order valence-corrected chi connectivity index (χ3v) is 4.08. The zero-order valence-corrected chi connectivity index (χ0v) is 15.7. The van der Waals surface area contributed by atoms with Crippen molar-refractivity contribution in [3.05, 3.63) is 39.3 Å². The number of fused-ring (bicyclic) bond motifs is 1. The molecule has 0 saturated carbocycles. The molecule has 25 heavy (non-hydrogen) atoms. The molecule has 2 aromatic rings. The van der Waals surface area contributed by atoms with E-state index in [0.717, 1.165) is 12.8 Å². The van der Waals surface area contributed by atoms with Crippen LogP contribution in [0.2, 0.25) is 5.02 Å². The fraction of sp³-hybridized carbons (Fsp3) is 0.474. The van der Waals surface area contributed by atoms with E-state index in [1.54, 1.807) is 25.1 Å². The summed E-state index contributed by atoms with van der Waals surface area (Å²) in [5, 5.41) is 1.51. The van der Waals surface area contributed by atoms with Gasteiger partial charge in [0.25, 0.3) is 5.56 Å². The number of halogens is 1. The average molecular weight is 366 g/mol. The molecule has 0 spiro atoms. The average Bonchev–Trinajstić information content (AvgIpc) is 2.59. The molecule has 0 aliphatic carbocycles. The van der Waals surface area contributed by atoms with Gasteiger partial charge in [0, 0.05) is 17.0 Å². The van der Waals surface area contributed by atoms with Crippen molar-refractivity contribution in [2.45, 2.75) is 46.6 Å². The minimum atomic E-state index is -0.554. The zero-order valence-electron chi connectivity index (χ0n) is 14.9. The fourth-order valence-corrected chi connectivity index (χ4v) is 2.86. The van der Waals surface area contributed by atoms with Crippen LogP contribution in [-0.4, -0.2) is 23.8 Å². The number of nitrogens with zero attached hydrogens (tertiary/aromatic N) is 1. The Labute approximate surface area is 152 Å². The van der Waals surface area contributed by atoms with Crippen molar-refractivity contribution in [1.82, 2.24) is 4.57 Å². The number of benzene rings is 1. The van der Waals surface area contributed by atoms with E-state index in [2.05, 4.69) is 6.92 Å². The van der Waals surface area contributed by atoms with Gasteiger partial charge in [0.15, 0.2) is 11.4 Å². The lowest BCUT2D eigenvalue weighted by molar-refractivity contribution is 0.0506. The van der Waals surface area contributed by atoms with Gasteiger partial charge in [-0.25, -0.2) is 4.79 Å². The molecule has 0 aliphatic heterocycles. The summed E-state index contributed by atoms with van der Waals surface area (Å²) in [5.41, 5.74) is -0.0704. The second-order valence-electron chi connectivity index (χ2n) is 5.75. The second-order valence-corrected chi connectivity index (χ2v) is 6.18. The molecular weight excluding hydrogens is 342 g/mol. The van der Waals surface area contributed by atoms with Crippen molar-refractivity contribution < 1.29 is 14.3 Å². The number of ether oxygens (including phenoxy) is 2. The Morgan fingerprint density at radius 2 is 1.92 bits per heavy atom. The number of carbonyl (C=O) groups is 1. The SMILES string of the molecule is CCCCOc1c(C(=O)OCC)n(CCC)c(=O)c2ccc(Cl)cc12. The Balaban J connectivity index is 2.80. The van der Waals surface area contributed by atoms with E-state index in [1.165, 1.54) is 4.57 Å². The van der Waals surface area contributed by atoms with Crippen LogP contribution in [0.25, 0.3) is 10.8 Å². The monoisotopic (exact) mass is 365 g/mol. The zero-order chi connectivity index (χ0) is 18.4. The van der Waals surface area contributed by atoms with E-state index in [0.29, 0.717) is 41.1 Å². The highest BCUT2D eigenvalue weighted by atomic mass is 35.5. The summed E-state index contributed by atoms with van der Waals surface area (Å²) in [6.07, 6.45) is 2.51. The molecule has 0 radical (unpaired) electrons. The second kappa shape index (κ2) is 8.90. The molecule has 5 nitrogen and oxygen atoms in total. The molecule has 0 atom stereocenters. The van der Waals surface area contributed by atoms with E-state index in [9.17, 15) is 9.59 Å². The highest BCUT2D eigenvalue weighted by molar-refractivity contribution is 6.31. The number of hydrogen-bond donors (Lipinski definition) is 0. The molecule has 2 rings (SSSR count). The summed E-state index contributed by atoms with van der Waals surface area (Å²) in [6, 6.07) is 5.01. The molecule has 0 fully saturated rings. The van der Waals surface area contributed by atoms with E-state index in [1.807, 2.05) is 6.92 Å². The molecule has 1 aromatic carbocycles. The predicted octanol–water partition coefficient (Wildman–Crippen LogP) is 4.42. The molecule has 1 heterocycles. The van der Waals surface area contributed by atoms with Gasteiger partial charge < -0.3 is 9.47 Å². The van der Waals surface area contributed by atoms with Crippen molar-refractivity contribution in [2.75, 3.05) is 13.2 Å². The van der Waals surface area contributed by atoms with E-state index in [-0.39, 0.29) is 17.9 Å². The Bertz CT molecular complexity index is 813. The normalized spacial score (nSPS) is 10.9. The summed E-state index contributed by atoms with van der Waals surface area (Å²) in [6.45, 7) is 6.83. The minimum Gasteiger partial charge on any atom is -0.490 e. The highest BCUT2D eigenvalue weighted by Gasteiger charge is 2.24. The van der Waals surface area contributed by atoms with Crippen LogP contribution < -0.4 is 10.3 Å². The molecule has 0 N–H and O–H groups in total. The first-order valence-electron chi connectivity index (χ1n) is 8.71. The van der Waals surface area contributed by atoms with Crippen molar-refractivity contribution in [3.63, 3.8) is 0 Å². The first-order chi connectivity index (χ1) is 12.0. The highest BCUT2D eigenvalue weighted by Crippen LogP contribution is 2.31. The molecular formula is C19H24ClNO4. The van der Waals surface area contributed by atoms with Crippen LogP contribution in [0.3, 0.4) is 0 Å². The topological polar surface area (TPSA) is 57.5 Å². The van der Waals surface area contributed by atoms with Gasteiger partial charge in [-0.05, 0) is 38.0 Å². The number of unbranched alkanes of at least 4 members (excludes halogenated alkanes) is 1. The van der Waals surface area contributed by atoms with Crippen LogP contribution in [0.4, 0.5) is 0 Å². The standard InChI is InChI=1S/C19H24ClNO4/c1-4-7-11-25-17-15-12-13(20)8-9-14(15)18(22)21(10-5-2)16(17)19(23)24-6-3/h8-9,12H,4-7,10-11H2,1-3H3. The van der Waals surface area contributed by atoms with Crippen molar-refractivity contribution in [3.8, 4) is 5.75 Å². The lowest BCUT2D eigenvalue weighted by Crippen LogP contribution is -2.28. The van der Waals surface area contributed by atoms with Gasteiger partial charge in [-0.2, -0.15) is 0 Å². The molecule has 0 unspecified atom stereocenters. The Morgan fingerprint density at radius 3 is 2.56 bits per heavy atom. The van der Waals surface area contributed by atoms with Gasteiger partial charge in [0.2, 0.25) is 0 Å². The third kappa shape index (κ3) is 4.15. The maximum absolute atomic E-state index is 12.9. The summed E-state index contributed by atoms with van der Waals surface area (Å²) < 4.78 is 12.6. The van der Waals surface area contributed by atoms with Crippen LogP contribution in [0.1, 0.15) is 50.5 Å². The first-order valence-corrected chi connectivity index (χ1v) is 9.08. The van der Waals surface area contributed by atoms with Gasteiger partial charge in [-0.1, -0.05) is 31.9 Å². The van der Waals surface area contributed by atoms with Gasteiger partial charge in [-0.3, -0.25) is 9.36 Å². The minimum absolute atomic E-state index is 0.166. The third-order valence-electron chi connectivity index (χ3n) is 3.85. The largest absolute Gasteiger partial charge is 0.490 e. The van der Waals surface area contributed by atoms with Crippen molar-refractivity contribution >= 4 is 28.3 Å². The predicted molar refractivity (Wildman–Crippen MR) is 99.9 cm³/mol. The first kappa shape index (κ1) is 19.3. The molecule has 0 amide bonds. The van der Waals surface area contributed by atoms with Crippen LogP contribution in [0.5, 0.6) is 5.75 Å². The molecule has 0 bridgehead atoms. The molecule has 1 aromatic heterocycles. The maximum Gasteiger partial charge on any atom is 0.358 e. The molecule has 0 aliphatic rings. The fourth-order valence-electron chi connectivity index (χ4n) is 2.69. The van der Waals surface area contributed by atoms with Crippen molar-refractivity contribution in [2.24, 2.45) is 0 Å². The number of esters is 1.